The van der Waals surface area contributed by atoms with Crippen molar-refractivity contribution in [1.82, 2.24) is 16.2 Å². The van der Waals surface area contributed by atoms with Gasteiger partial charge in [0.05, 0.1) is 0 Å². The van der Waals surface area contributed by atoms with Crippen LogP contribution in [0.15, 0.2) is 0 Å². The Kier molecular flexibility index (Phi) is 5.28. The van der Waals surface area contributed by atoms with Crippen molar-refractivity contribution in [1.29, 1.82) is 0 Å². The number of carbonyl (C=O) groups excluding carboxylic acids is 2. The van der Waals surface area contributed by atoms with E-state index >= 15 is 0 Å². The minimum absolute atomic E-state index is 0.328. The maximum atomic E-state index is 10.6. The van der Waals surface area contributed by atoms with Crippen LogP contribution in [0.4, 0.5) is 4.79 Å². The van der Waals surface area contributed by atoms with E-state index in [9.17, 15) is 9.59 Å². The molecule has 0 bridgehead atoms. The second-order valence-corrected chi connectivity index (χ2v) is 2.13. The van der Waals surface area contributed by atoms with Crippen LogP contribution >= 0.6 is 11.6 Å². The summed E-state index contributed by atoms with van der Waals surface area (Å²) in [7, 11) is 0. The number of amides is 3. The highest BCUT2D eigenvalue weighted by molar-refractivity contribution is 6.18. The Labute approximate surface area is 69.4 Å². The lowest BCUT2D eigenvalue weighted by molar-refractivity contribution is -0.119. The zero-order valence-electron chi connectivity index (χ0n) is 6.11. The van der Waals surface area contributed by atoms with Crippen LogP contribution in [0.3, 0.4) is 0 Å². The molecule has 0 aliphatic carbocycles. The summed E-state index contributed by atoms with van der Waals surface area (Å²) in [6.45, 7) is 1.66. The van der Waals surface area contributed by atoms with Gasteiger partial charge in [-0.2, -0.15) is 0 Å². The Balaban J connectivity index is 3.30. The summed E-state index contributed by atoms with van der Waals surface area (Å²) in [5.41, 5.74) is 4.22. The van der Waals surface area contributed by atoms with Crippen molar-refractivity contribution in [3.8, 4) is 0 Å². The third-order valence-electron chi connectivity index (χ3n) is 0.732. The zero-order chi connectivity index (χ0) is 8.69. The molecule has 0 aliphatic rings. The Morgan fingerprint density at radius 3 is 2.45 bits per heavy atom. The summed E-state index contributed by atoms with van der Waals surface area (Å²) in [5.74, 6) is 0.0130. The molecular weight excluding hydrogens is 170 g/mol. The Morgan fingerprint density at radius 2 is 2.00 bits per heavy atom. The molecule has 0 radical (unpaired) electrons. The number of halogens is 1. The summed E-state index contributed by atoms with van der Waals surface area (Å²) in [6.07, 6.45) is 0. The standard InChI is InChI=1S/C5H10ClN3O2/c1-4(10)8-9-5(11)7-3-2-6/h2-3H2,1H3,(H,8,10)(H2,7,9,11). The molecule has 5 nitrogen and oxygen atoms in total. The van der Waals surface area contributed by atoms with E-state index in [1.807, 2.05) is 0 Å². The van der Waals surface area contributed by atoms with Crippen molar-refractivity contribution < 1.29 is 9.59 Å². The lowest BCUT2D eigenvalue weighted by atomic mass is 10.7. The fraction of sp³-hybridized carbons (Fsp3) is 0.600. The quantitative estimate of drug-likeness (QED) is 0.398. The molecule has 0 saturated carbocycles. The highest BCUT2D eigenvalue weighted by atomic mass is 35.5. The van der Waals surface area contributed by atoms with Crippen molar-refractivity contribution in [3.63, 3.8) is 0 Å². The van der Waals surface area contributed by atoms with Crippen molar-refractivity contribution in [2.24, 2.45) is 0 Å². The molecule has 0 aromatic heterocycles. The van der Waals surface area contributed by atoms with E-state index in [4.69, 9.17) is 11.6 Å². The number of carbonyl (C=O) groups is 2. The Morgan fingerprint density at radius 1 is 1.36 bits per heavy atom. The number of rotatable bonds is 2. The van der Waals surface area contributed by atoms with Crippen molar-refractivity contribution >= 4 is 23.5 Å². The van der Waals surface area contributed by atoms with Crippen molar-refractivity contribution in [2.45, 2.75) is 6.92 Å². The van der Waals surface area contributed by atoms with Gasteiger partial charge in [-0.3, -0.25) is 10.2 Å². The number of urea groups is 1. The van der Waals surface area contributed by atoms with E-state index in [1.165, 1.54) is 6.92 Å². The van der Waals surface area contributed by atoms with E-state index in [-0.39, 0.29) is 5.91 Å². The zero-order valence-corrected chi connectivity index (χ0v) is 6.86. The largest absolute Gasteiger partial charge is 0.336 e. The molecule has 3 N–H and O–H groups in total. The average Bonchev–Trinajstić information content (AvgIpc) is 1.97. The molecule has 6 heteroatoms. The molecule has 0 spiro atoms. The molecule has 0 aromatic carbocycles. The number of nitrogens with one attached hydrogen (secondary N) is 3. The van der Waals surface area contributed by atoms with E-state index in [0.717, 1.165) is 0 Å². The lowest BCUT2D eigenvalue weighted by Gasteiger charge is -2.04. The summed E-state index contributed by atoms with van der Waals surface area (Å²) in [6, 6.07) is -0.471. The third-order valence-corrected chi connectivity index (χ3v) is 0.921. The molecule has 11 heavy (non-hydrogen) atoms. The first-order valence-corrected chi connectivity index (χ1v) is 3.56. The van der Waals surface area contributed by atoms with Gasteiger partial charge in [-0.25, -0.2) is 10.2 Å². The fourth-order valence-corrected chi connectivity index (χ4v) is 0.444. The molecule has 0 fully saturated rings. The van der Waals surface area contributed by atoms with Gasteiger partial charge in [0.15, 0.2) is 0 Å². The molecule has 64 valence electrons. The van der Waals surface area contributed by atoms with Gasteiger partial charge in [0.25, 0.3) is 0 Å². The van der Waals surface area contributed by atoms with Crippen LogP contribution in [0.25, 0.3) is 0 Å². The number of alkyl halides is 1. The lowest BCUT2D eigenvalue weighted by Crippen LogP contribution is -2.46. The molecule has 0 heterocycles. The fourth-order valence-electron chi connectivity index (χ4n) is 0.350. The molecule has 0 aliphatic heterocycles. The van der Waals surface area contributed by atoms with Crippen LogP contribution in [0.2, 0.25) is 0 Å². The summed E-state index contributed by atoms with van der Waals surface area (Å²) in [5, 5.41) is 2.39. The molecular formula is C5H10ClN3O2. The first kappa shape index (κ1) is 10.0. The second kappa shape index (κ2) is 5.79. The van der Waals surface area contributed by atoms with Crippen molar-refractivity contribution in [2.75, 3.05) is 12.4 Å². The summed E-state index contributed by atoms with van der Waals surface area (Å²) < 4.78 is 0. The summed E-state index contributed by atoms with van der Waals surface area (Å²) >= 11 is 5.28. The van der Waals surface area contributed by atoms with Crippen LogP contribution in [0, 0.1) is 0 Å². The minimum Gasteiger partial charge on any atom is -0.336 e. The van der Waals surface area contributed by atoms with Gasteiger partial charge in [-0.1, -0.05) is 0 Å². The summed E-state index contributed by atoms with van der Waals surface area (Å²) in [4.78, 5) is 20.9. The Bertz CT molecular complexity index is 151. The van der Waals surface area contributed by atoms with Crippen LogP contribution < -0.4 is 16.2 Å². The average molecular weight is 180 g/mol. The number of hydrogen-bond donors (Lipinski definition) is 3. The molecule has 3 amide bonds. The first-order chi connectivity index (χ1) is 5.16. The van der Waals surface area contributed by atoms with Gasteiger partial charge >= 0.3 is 6.03 Å². The Hall–Kier alpha value is -0.970. The molecule has 0 rings (SSSR count). The molecule has 0 atom stereocenters. The van der Waals surface area contributed by atoms with Gasteiger partial charge in [0.1, 0.15) is 0 Å². The van der Waals surface area contributed by atoms with Crippen LogP contribution in [-0.4, -0.2) is 24.4 Å². The monoisotopic (exact) mass is 179 g/mol. The first-order valence-electron chi connectivity index (χ1n) is 3.03. The van der Waals surface area contributed by atoms with Crippen LogP contribution in [0.5, 0.6) is 0 Å². The maximum absolute atomic E-state index is 10.6. The predicted molar refractivity (Wildman–Crippen MR) is 41.1 cm³/mol. The van der Waals surface area contributed by atoms with Gasteiger partial charge in [0, 0.05) is 19.3 Å². The van der Waals surface area contributed by atoms with Crippen molar-refractivity contribution in [3.05, 3.63) is 0 Å². The molecule has 0 aromatic rings. The van der Waals surface area contributed by atoms with E-state index in [2.05, 4.69) is 16.2 Å². The molecule has 0 unspecified atom stereocenters. The molecule has 0 saturated heterocycles. The van der Waals surface area contributed by atoms with E-state index in [1.54, 1.807) is 0 Å². The van der Waals surface area contributed by atoms with E-state index < -0.39 is 6.03 Å². The number of hydrazine groups is 1. The number of hydrogen-bond acceptors (Lipinski definition) is 2. The normalized spacial score (nSPS) is 8.55. The predicted octanol–water partition coefficient (Wildman–Crippen LogP) is -0.425. The van der Waals surface area contributed by atoms with Gasteiger partial charge < -0.3 is 5.32 Å². The SMILES string of the molecule is CC(=O)NNC(=O)NCCCl. The van der Waals surface area contributed by atoms with Crippen LogP contribution in [-0.2, 0) is 4.79 Å². The van der Waals surface area contributed by atoms with Crippen LogP contribution in [0.1, 0.15) is 6.92 Å². The van der Waals surface area contributed by atoms with Gasteiger partial charge in [-0.05, 0) is 0 Å². The second-order valence-electron chi connectivity index (χ2n) is 1.75. The highest BCUT2D eigenvalue weighted by Crippen LogP contribution is 1.69. The third kappa shape index (κ3) is 6.92. The minimum atomic E-state index is -0.471. The highest BCUT2D eigenvalue weighted by Gasteiger charge is 1.96. The van der Waals surface area contributed by atoms with Gasteiger partial charge in [0.2, 0.25) is 5.91 Å². The smallest absolute Gasteiger partial charge is 0.333 e. The maximum Gasteiger partial charge on any atom is 0.333 e. The topological polar surface area (TPSA) is 70.2 Å². The van der Waals surface area contributed by atoms with E-state index in [0.29, 0.717) is 12.4 Å². The van der Waals surface area contributed by atoms with Gasteiger partial charge in [-0.15, -0.1) is 11.6 Å².